The van der Waals surface area contributed by atoms with Crippen molar-refractivity contribution in [2.24, 2.45) is 13.0 Å². The van der Waals surface area contributed by atoms with Crippen molar-refractivity contribution in [3.05, 3.63) is 52.8 Å². The second-order valence-corrected chi connectivity index (χ2v) is 6.69. The molecule has 1 atom stereocenters. The van der Waals surface area contributed by atoms with E-state index in [2.05, 4.69) is 10.4 Å². The van der Waals surface area contributed by atoms with Gasteiger partial charge in [-0.2, -0.15) is 5.10 Å². The zero-order valence-corrected chi connectivity index (χ0v) is 15.1. The number of hydrogen-bond acceptors (Lipinski definition) is 3. The predicted molar refractivity (Wildman–Crippen MR) is 95.6 cm³/mol. The van der Waals surface area contributed by atoms with E-state index >= 15 is 0 Å². The van der Waals surface area contributed by atoms with Gasteiger partial charge in [0, 0.05) is 19.8 Å². The Kier molecular flexibility index (Phi) is 5.96. The molecule has 1 unspecified atom stereocenters. The van der Waals surface area contributed by atoms with Gasteiger partial charge in [0.15, 0.2) is 0 Å². The van der Waals surface area contributed by atoms with Gasteiger partial charge >= 0.3 is 5.97 Å². The molecule has 0 bridgehead atoms. The molecule has 0 saturated heterocycles. The van der Waals surface area contributed by atoms with Gasteiger partial charge in [0.25, 0.3) is 5.91 Å². The molecule has 6 nitrogen and oxygen atoms in total. The quantitative estimate of drug-likeness (QED) is 0.809. The minimum atomic E-state index is -0.919. The number of amides is 1. The highest BCUT2D eigenvalue weighted by Crippen LogP contribution is 2.17. The van der Waals surface area contributed by atoms with Crippen molar-refractivity contribution >= 4 is 11.9 Å². The lowest BCUT2D eigenvalue weighted by Gasteiger charge is -2.14. The third-order valence-electron chi connectivity index (χ3n) is 4.07. The molecule has 0 saturated carbocycles. The van der Waals surface area contributed by atoms with Gasteiger partial charge in [-0.15, -0.1) is 0 Å². The van der Waals surface area contributed by atoms with E-state index in [0.29, 0.717) is 17.7 Å². The van der Waals surface area contributed by atoms with E-state index in [1.54, 1.807) is 17.9 Å². The molecule has 1 amide bonds. The van der Waals surface area contributed by atoms with E-state index in [-0.39, 0.29) is 18.4 Å². The predicted octanol–water partition coefficient (Wildman–Crippen LogP) is 2.53. The largest absolute Gasteiger partial charge is 0.481 e. The smallest absolute Gasteiger partial charge is 0.308 e. The molecule has 0 spiro atoms. The fraction of sp³-hybridized carbons (Fsp3) is 0.421. The monoisotopic (exact) mass is 343 g/mol. The van der Waals surface area contributed by atoms with Crippen molar-refractivity contribution in [2.45, 2.75) is 33.1 Å². The maximum absolute atomic E-state index is 12.5. The van der Waals surface area contributed by atoms with Crippen LogP contribution in [0.4, 0.5) is 0 Å². The molecule has 1 heterocycles. The summed E-state index contributed by atoms with van der Waals surface area (Å²) < 4.78 is 1.60. The molecule has 2 rings (SSSR count). The highest BCUT2D eigenvalue weighted by atomic mass is 16.4. The van der Waals surface area contributed by atoms with Crippen LogP contribution in [0.5, 0.6) is 0 Å². The highest BCUT2D eigenvalue weighted by molar-refractivity contribution is 5.95. The number of hydrogen-bond donors (Lipinski definition) is 2. The zero-order chi connectivity index (χ0) is 18.6. The zero-order valence-electron chi connectivity index (χ0n) is 15.1. The van der Waals surface area contributed by atoms with Crippen LogP contribution < -0.4 is 5.32 Å². The lowest BCUT2D eigenvalue weighted by Crippen LogP contribution is -2.34. The third-order valence-corrected chi connectivity index (χ3v) is 4.07. The number of rotatable bonds is 7. The van der Waals surface area contributed by atoms with Crippen LogP contribution in [0.25, 0.3) is 0 Å². The normalized spacial score (nSPS) is 12.2. The fourth-order valence-electron chi connectivity index (χ4n) is 2.79. The number of aromatic nitrogens is 2. The van der Waals surface area contributed by atoms with Crippen molar-refractivity contribution in [3.63, 3.8) is 0 Å². The Morgan fingerprint density at radius 1 is 1.32 bits per heavy atom. The molecular formula is C19H25N3O3. The first-order valence-corrected chi connectivity index (χ1v) is 8.38. The van der Waals surface area contributed by atoms with E-state index in [0.717, 1.165) is 11.1 Å². The van der Waals surface area contributed by atoms with Crippen LogP contribution in [0.1, 0.15) is 46.9 Å². The number of aliphatic carboxylic acids is 1. The SMILES string of the molecule is Cc1cccc(CC(CNC(=O)c2cn(C)nc2C(C)C)C(=O)O)c1. The second-order valence-electron chi connectivity index (χ2n) is 6.69. The van der Waals surface area contributed by atoms with Gasteiger partial charge < -0.3 is 10.4 Å². The van der Waals surface area contributed by atoms with Crippen LogP contribution in [0, 0.1) is 12.8 Å². The Morgan fingerprint density at radius 2 is 2.04 bits per heavy atom. The van der Waals surface area contributed by atoms with Crippen molar-refractivity contribution in [1.82, 2.24) is 15.1 Å². The van der Waals surface area contributed by atoms with Crippen LogP contribution >= 0.6 is 0 Å². The van der Waals surface area contributed by atoms with Crippen LogP contribution in [0.3, 0.4) is 0 Å². The summed E-state index contributed by atoms with van der Waals surface area (Å²) in [5.74, 6) is -1.76. The number of aryl methyl sites for hydroxylation is 2. The summed E-state index contributed by atoms with van der Waals surface area (Å²) in [5.41, 5.74) is 3.25. The Hall–Kier alpha value is -2.63. The number of carbonyl (C=O) groups is 2. The lowest BCUT2D eigenvalue weighted by molar-refractivity contribution is -0.141. The van der Waals surface area contributed by atoms with Gasteiger partial charge in [0.05, 0.1) is 17.2 Å². The minimum absolute atomic E-state index is 0.0779. The first-order chi connectivity index (χ1) is 11.8. The summed E-state index contributed by atoms with van der Waals surface area (Å²) >= 11 is 0. The van der Waals surface area contributed by atoms with E-state index in [1.165, 1.54) is 0 Å². The number of nitrogens with zero attached hydrogens (tertiary/aromatic N) is 2. The van der Waals surface area contributed by atoms with E-state index in [4.69, 9.17) is 0 Å². The van der Waals surface area contributed by atoms with Crippen LogP contribution in [0.15, 0.2) is 30.5 Å². The Bertz CT molecular complexity index is 765. The van der Waals surface area contributed by atoms with E-state index in [9.17, 15) is 14.7 Å². The average Bonchev–Trinajstić information content (AvgIpc) is 2.93. The molecule has 2 N–H and O–H groups in total. The number of carboxylic acid groups (broad SMARTS) is 1. The Morgan fingerprint density at radius 3 is 2.64 bits per heavy atom. The summed E-state index contributed by atoms with van der Waals surface area (Å²) in [6, 6.07) is 7.75. The summed E-state index contributed by atoms with van der Waals surface area (Å²) in [5, 5.41) is 16.5. The standard InChI is InChI=1S/C19H25N3O3/c1-12(2)17-16(11-22(4)21-17)18(23)20-10-15(19(24)25)9-14-7-5-6-13(3)8-14/h5-8,11-12,15H,9-10H2,1-4H3,(H,20,23)(H,24,25). The Labute approximate surface area is 147 Å². The van der Waals surface area contributed by atoms with Crippen LogP contribution in [0.2, 0.25) is 0 Å². The van der Waals surface area contributed by atoms with Crippen LogP contribution in [-0.4, -0.2) is 33.3 Å². The first kappa shape index (κ1) is 18.7. The molecule has 1 aromatic carbocycles. The van der Waals surface area contributed by atoms with Crippen molar-refractivity contribution < 1.29 is 14.7 Å². The van der Waals surface area contributed by atoms with Crippen molar-refractivity contribution in [1.29, 1.82) is 0 Å². The number of nitrogens with one attached hydrogen (secondary N) is 1. The molecule has 1 aromatic heterocycles. The first-order valence-electron chi connectivity index (χ1n) is 8.38. The minimum Gasteiger partial charge on any atom is -0.481 e. The number of carboxylic acids is 1. The topological polar surface area (TPSA) is 84.2 Å². The second kappa shape index (κ2) is 7.96. The Balaban J connectivity index is 2.06. The van der Waals surface area contributed by atoms with E-state index in [1.807, 2.05) is 45.0 Å². The highest BCUT2D eigenvalue weighted by Gasteiger charge is 2.22. The van der Waals surface area contributed by atoms with Gasteiger partial charge in [0.2, 0.25) is 0 Å². The molecule has 0 aliphatic rings. The van der Waals surface area contributed by atoms with Gasteiger partial charge in [0.1, 0.15) is 0 Å². The summed E-state index contributed by atoms with van der Waals surface area (Å²) in [4.78, 5) is 24.0. The average molecular weight is 343 g/mol. The van der Waals surface area contributed by atoms with Crippen molar-refractivity contribution in [2.75, 3.05) is 6.54 Å². The van der Waals surface area contributed by atoms with E-state index < -0.39 is 11.9 Å². The molecule has 25 heavy (non-hydrogen) atoms. The molecule has 0 aliphatic heterocycles. The molecule has 0 fully saturated rings. The van der Waals surface area contributed by atoms with Crippen molar-refractivity contribution in [3.8, 4) is 0 Å². The van der Waals surface area contributed by atoms with Gasteiger partial charge in [-0.3, -0.25) is 14.3 Å². The molecule has 134 valence electrons. The molecule has 6 heteroatoms. The fourth-order valence-corrected chi connectivity index (χ4v) is 2.79. The molecule has 0 aliphatic carbocycles. The van der Waals surface area contributed by atoms with Gasteiger partial charge in [-0.1, -0.05) is 43.7 Å². The third kappa shape index (κ3) is 4.92. The van der Waals surface area contributed by atoms with Gasteiger partial charge in [-0.05, 0) is 24.8 Å². The molecular weight excluding hydrogens is 318 g/mol. The molecule has 2 aromatic rings. The summed E-state index contributed by atoms with van der Waals surface area (Å²) in [7, 11) is 1.76. The van der Waals surface area contributed by atoms with Crippen LogP contribution in [-0.2, 0) is 18.3 Å². The summed E-state index contributed by atoms with van der Waals surface area (Å²) in [6.07, 6.45) is 2.04. The maximum atomic E-state index is 12.5. The lowest BCUT2D eigenvalue weighted by atomic mass is 9.98. The number of benzene rings is 1. The maximum Gasteiger partial charge on any atom is 0.308 e. The molecule has 0 radical (unpaired) electrons. The number of carbonyl (C=O) groups excluding carboxylic acids is 1. The summed E-state index contributed by atoms with van der Waals surface area (Å²) in [6.45, 7) is 5.99. The van der Waals surface area contributed by atoms with Gasteiger partial charge in [-0.25, -0.2) is 0 Å².